The summed E-state index contributed by atoms with van der Waals surface area (Å²) in [6, 6.07) is 9.98. The predicted molar refractivity (Wildman–Crippen MR) is 61.9 cm³/mol. The quantitative estimate of drug-likeness (QED) is 0.513. The summed E-state index contributed by atoms with van der Waals surface area (Å²) in [6.45, 7) is 6.53. The minimum Gasteiger partial charge on any atom is -0.250 e. The van der Waals surface area contributed by atoms with Crippen LogP contribution >= 0.6 is 11.8 Å². The van der Waals surface area contributed by atoms with Gasteiger partial charge in [-0.15, -0.1) is 11.8 Å². The average molecular weight is 193 g/mol. The molecule has 0 spiro atoms. The van der Waals surface area contributed by atoms with Gasteiger partial charge in [0.1, 0.15) is 0 Å². The molecule has 0 aromatic heterocycles. The fourth-order valence-corrected chi connectivity index (χ4v) is 1.25. The number of rotatable bonds is 2. The Bertz CT molecular complexity index is 272. The molecule has 1 aromatic carbocycles. The van der Waals surface area contributed by atoms with Crippen molar-refractivity contribution < 1.29 is 0 Å². The van der Waals surface area contributed by atoms with Crippen LogP contribution in [0.1, 0.15) is 20.8 Å². The Kier molecular flexibility index (Phi) is 3.55. The highest BCUT2D eigenvalue weighted by molar-refractivity contribution is 8.13. The van der Waals surface area contributed by atoms with Gasteiger partial charge in [-0.2, -0.15) is 0 Å². The number of aliphatic imine (C=N–C) groups is 1. The second-order valence-electron chi connectivity index (χ2n) is 3.80. The molecule has 0 fully saturated rings. The van der Waals surface area contributed by atoms with Crippen LogP contribution in [0, 0.1) is 0 Å². The first kappa shape index (κ1) is 10.3. The molecule has 0 heterocycles. The van der Waals surface area contributed by atoms with Gasteiger partial charge in [0.05, 0.1) is 11.2 Å². The molecule has 2 heteroatoms. The van der Waals surface area contributed by atoms with Gasteiger partial charge in [-0.1, -0.05) is 39.0 Å². The summed E-state index contributed by atoms with van der Waals surface area (Å²) in [5.41, 5.74) is 2.93. The molecule has 0 atom stereocenters. The van der Waals surface area contributed by atoms with E-state index < -0.39 is 0 Å². The summed E-state index contributed by atoms with van der Waals surface area (Å²) in [6.07, 6.45) is 0. The minimum absolute atomic E-state index is 0.248. The molecule has 70 valence electrons. The first-order valence-electron chi connectivity index (χ1n) is 4.33. The Balaban J connectivity index is 2.51. The summed E-state index contributed by atoms with van der Waals surface area (Å²) < 4.78 is 0.248. The SMILES string of the molecule is CC(C)(C)SC=Nc1ccccc1. The lowest BCUT2D eigenvalue weighted by Gasteiger charge is -2.12. The van der Waals surface area contributed by atoms with Crippen LogP contribution in [0.2, 0.25) is 0 Å². The van der Waals surface area contributed by atoms with Crippen molar-refractivity contribution in [3.05, 3.63) is 30.3 Å². The van der Waals surface area contributed by atoms with Crippen LogP contribution in [0.3, 0.4) is 0 Å². The average Bonchev–Trinajstić information content (AvgIpc) is 2.04. The lowest BCUT2D eigenvalue weighted by atomic mass is 10.3. The van der Waals surface area contributed by atoms with Crippen molar-refractivity contribution in [2.24, 2.45) is 4.99 Å². The molecule has 0 saturated heterocycles. The molecule has 0 N–H and O–H groups in total. The number of hydrogen-bond acceptors (Lipinski definition) is 2. The number of hydrogen-bond donors (Lipinski definition) is 0. The van der Waals surface area contributed by atoms with Gasteiger partial charge < -0.3 is 0 Å². The molecule has 1 nitrogen and oxygen atoms in total. The van der Waals surface area contributed by atoms with Crippen LogP contribution in [0.4, 0.5) is 5.69 Å². The number of benzene rings is 1. The maximum atomic E-state index is 4.33. The molecule has 0 aliphatic rings. The molecular formula is C11H15NS. The lowest BCUT2D eigenvalue weighted by Crippen LogP contribution is -2.06. The molecule has 0 aliphatic heterocycles. The van der Waals surface area contributed by atoms with E-state index in [1.807, 2.05) is 35.9 Å². The van der Waals surface area contributed by atoms with E-state index in [2.05, 4.69) is 25.8 Å². The third-order valence-electron chi connectivity index (χ3n) is 1.36. The Morgan fingerprint density at radius 1 is 1.15 bits per heavy atom. The highest BCUT2D eigenvalue weighted by atomic mass is 32.2. The molecule has 0 amide bonds. The van der Waals surface area contributed by atoms with Gasteiger partial charge in [0.2, 0.25) is 0 Å². The fourth-order valence-electron chi connectivity index (χ4n) is 0.759. The summed E-state index contributed by atoms with van der Waals surface area (Å²) in [4.78, 5) is 4.33. The van der Waals surface area contributed by atoms with E-state index in [1.165, 1.54) is 0 Å². The Morgan fingerprint density at radius 2 is 1.77 bits per heavy atom. The van der Waals surface area contributed by atoms with Crippen LogP contribution in [-0.4, -0.2) is 10.3 Å². The van der Waals surface area contributed by atoms with Crippen LogP contribution in [0.5, 0.6) is 0 Å². The van der Waals surface area contributed by atoms with E-state index in [0.717, 1.165) is 5.69 Å². The molecular weight excluding hydrogens is 178 g/mol. The highest BCUT2D eigenvalue weighted by Crippen LogP contribution is 2.21. The summed E-state index contributed by atoms with van der Waals surface area (Å²) in [5, 5.41) is 0. The minimum atomic E-state index is 0.248. The number of para-hydroxylation sites is 1. The maximum absolute atomic E-state index is 4.33. The zero-order valence-electron chi connectivity index (χ0n) is 8.32. The van der Waals surface area contributed by atoms with Gasteiger partial charge >= 0.3 is 0 Å². The molecule has 0 aliphatic carbocycles. The topological polar surface area (TPSA) is 12.4 Å². The van der Waals surface area contributed by atoms with Crippen LogP contribution in [0.25, 0.3) is 0 Å². The van der Waals surface area contributed by atoms with Gasteiger partial charge in [-0.05, 0) is 12.1 Å². The predicted octanol–water partition coefficient (Wildman–Crippen LogP) is 3.88. The molecule has 13 heavy (non-hydrogen) atoms. The summed E-state index contributed by atoms with van der Waals surface area (Å²) >= 11 is 1.74. The summed E-state index contributed by atoms with van der Waals surface area (Å²) in [7, 11) is 0. The zero-order chi connectivity index (χ0) is 9.73. The van der Waals surface area contributed by atoms with Crippen molar-refractivity contribution in [2.45, 2.75) is 25.5 Å². The first-order chi connectivity index (χ1) is 6.08. The summed E-state index contributed by atoms with van der Waals surface area (Å²) in [5.74, 6) is 0. The third kappa shape index (κ3) is 4.73. The van der Waals surface area contributed by atoms with Crippen molar-refractivity contribution >= 4 is 23.0 Å². The standard InChI is InChI=1S/C11H15NS/c1-11(2,3)13-9-12-10-7-5-4-6-8-10/h4-9H,1-3H3. The molecule has 0 bridgehead atoms. The van der Waals surface area contributed by atoms with E-state index in [4.69, 9.17) is 0 Å². The normalized spacial score (nSPS) is 12.2. The Labute approximate surface area is 84.3 Å². The van der Waals surface area contributed by atoms with Crippen molar-refractivity contribution in [2.75, 3.05) is 0 Å². The Hall–Kier alpha value is -0.760. The van der Waals surface area contributed by atoms with Gasteiger partial charge in [0.15, 0.2) is 0 Å². The fraction of sp³-hybridized carbons (Fsp3) is 0.364. The van der Waals surface area contributed by atoms with Crippen LogP contribution < -0.4 is 0 Å². The molecule has 1 aromatic rings. The number of thioether (sulfide) groups is 1. The van der Waals surface area contributed by atoms with Gasteiger partial charge in [0.25, 0.3) is 0 Å². The van der Waals surface area contributed by atoms with Crippen molar-refractivity contribution in [3.63, 3.8) is 0 Å². The second kappa shape index (κ2) is 4.47. The number of nitrogens with zero attached hydrogens (tertiary/aromatic N) is 1. The monoisotopic (exact) mass is 193 g/mol. The van der Waals surface area contributed by atoms with Crippen molar-refractivity contribution in [1.82, 2.24) is 0 Å². The molecule has 0 unspecified atom stereocenters. The van der Waals surface area contributed by atoms with Crippen molar-refractivity contribution in [1.29, 1.82) is 0 Å². The first-order valence-corrected chi connectivity index (χ1v) is 5.21. The van der Waals surface area contributed by atoms with E-state index in [9.17, 15) is 0 Å². The van der Waals surface area contributed by atoms with Gasteiger partial charge in [0, 0.05) is 4.75 Å². The zero-order valence-corrected chi connectivity index (χ0v) is 9.14. The molecule has 0 radical (unpaired) electrons. The van der Waals surface area contributed by atoms with Gasteiger partial charge in [-0.25, -0.2) is 0 Å². The third-order valence-corrected chi connectivity index (χ3v) is 2.28. The van der Waals surface area contributed by atoms with E-state index in [-0.39, 0.29) is 4.75 Å². The van der Waals surface area contributed by atoms with Gasteiger partial charge in [-0.3, -0.25) is 4.99 Å². The smallest absolute Gasteiger partial charge is 0.0635 e. The highest BCUT2D eigenvalue weighted by Gasteiger charge is 2.07. The van der Waals surface area contributed by atoms with E-state index >= 15 is 0 Å². The molecule has 0 saturated carbocycles. The second-order valence-corrected chi connectivity index (χ2v) is 5.47. The Morgan fingerprint density at radius 3 is 2.31 bits per heavy atom. The maximum Gasteiger partial charge on any atom is 0.0635 e. The van der Waals surface area contributed by atoms with E-state index in [1.54, 1.807) is 11.8 Å². The van der Waals surface area contributed by atoms with Crippen LogP contribution in [-0.2, 0) is 0 Å². The van der Waals surface area contributed by atoms with E-state index in [0.29, 0.717) is 0 Å². The lowest BCUT2D eigenvalue weighted by molar-refractivity contribution is 0.809. The largest absolute Gasteiger partial charge is 0.250 e. The van der Waals surface area contributed by atoms with Crippen molar-refractivity contribution in [3.8, 4) is 0 Å². The molecule has 1 rings (SSSR count). The van der Waals surface area contributed by atoms with Crippen LogP contribution in [0.15, 0.2) is 35.3 Å².